The van der Waals surface area contributed by atoms with E-state index >= 15 is 0 Å². The average molecular weight is 352 g/mol. The molecule has 1 heterocycles. The van der Waals surface area contributed by atoms with E-state index in [1.165, 1.54) is 5.32 Å². The molecule has 0 spiro atoms. The van der Waals surface area contributed by atoms with Crippen molar-refractivity contribution in [3.8, 4) is 0 Å². The summed E-state index contributed by atoms with van der Waals surface area (Å²) >= 11 is 0. The number of halogens is 8. The van der Waals surface area contributed by atoms with Gasteiger partial charge in [-0.3, -0.25) is 9.78 Å². The lowest BCUT2D eigenvalue weighted by atomic mass is 10.1. The Hall–Kier alpha value is -1.98. The molecule has 0 fully saturated rings. The van der Waals surface area contributed by atoms with Crippen LogP contribution in [0.3, 0.4) is 0 Å². The second-order valence-corrected chi connectivity index (χ2v) is 4.31. The third kappa shape index (κ3) is 4.06. The largest absolute Gasteiger partial charge is 0.417 e. The van der Waals surface area contributed by atoms with Gasteiger partial charge in [-0.1, -0.05) is 0 Å². The van der Waals surface area contributed by atoms with Crippen molar-refractivity contribution >= 4 is 5.91 Å². The fourth-order valence-corrected chi connectivity index (χ4v) is 1.33. The molecule has 0 saturated carbocycles. The van der Waals surface area contributed by atoms with Gasteiger partial charge in [-0.25, -0.2) is 8.78 Å². The van der Waals surface area contributed by atoms with E-state index in [0.29, 0.717) is 12.3 Å². The fourth-order valence-electron chi connectivity index (χ4n) is 1.33. The molecular formula is C11H8F8N2O2. The Morgan fingerprint density at radius 3 is 2.22 bits per heavy atom. The van der Waals surface area contributed by atoms with Gasteiger partial charge >= 0.3 is 24.4 Å². The molecule has 1 aromatic rings. The summed E-state index contributed by atoms with van der Waals surface area (Å²) in [5.74, 6) is -13.5. The summed E-state index contributed by atoms with van der Waals surface area (Å²) in [6, 6.07) is 0.468. The molecule has 23 heavy (non-hydrogen) atoms. The summed E-state index contributed by atoms with van der Waals surface area (Å²) < 4.78 is 99.7. The molecule has 4 nitrogen and oxygen atoms in total. The van der Waals surface area contributed by atoms with Crippen molar-refractivity contribution in [2.45, 2.75) is 30.9 Å². The standard InChI is InChI=1S/C11H8F8N2O2/c12-7(13)9(14,15)10(16,23)8(22)21-3-5-1-6(4-20-2-5)11(17,18)19/h1-2,4,7,23H,3H2,(H,21,22). The van der Waals surface area contributed by atoms with Crippen LogP contribution in [0.1, 0.15) is 11.1 Å². The summed E-state index contributed by atoms with van der Waals surface area (Å²) in [4.78, 5) is 14.3. The highest BCUT2D eigenvalue weighted by Gasteiger charge is 2.65. The van der Waals surface area contributed by atoms with Crippen LogP contribution < -0.4 is 5.32 Å². The summed E-state index contributed by atoms with van der Waals surface area (Å²) in [7, 11) is 0. The van der Waals surface area contributed by atoms with E-state index < -0.39 is 42.4 Å². The van der Waals surface area contributed by atoms with Crippen LogP contribution in [0.2, 0.25) is 0 Å². The number of alkyl halides is 8. The van der Waals surface area contributed by atoms with E-state index in [1.807, 2.05) is 0 Å². The molecule has 0 aliphatic rings. The second kappa shape index (κ2) is 6.26. The molecule has 1 amide bonds. The van der Waals surface area contributed by atoms with Crippen molar-refractivity contribution < 1.29 is 45.0 Å². The van der Waals surface area contributed by atoms with Gasteiger partial charge in [-0.05, 0) is 11.6 Å². The van der Waals surface area contributed by atoms with Gasteiger partial charge < -0.3 is 10.4 Å². The number of amides is 1. The molecular weight excluding hydrogens is 344 g/mol. The third-order valence-electron chi connectivity index (χ3n) is 2.59. The molecule has 0 aromatic carbocycles. The quantitative estimate of drug-likeness (QED) is 0.800. The minimum absolute atomic E-state index is 0.385. The van der Waals surface area contributed by atoms with Gasteiger partial charge in [0.1, 0.15) is 0 Å². The van der Waals surface area contributed by atoms with Gasteiger partial charge in [0.05, 0.1) is 5.56 Å². The number of pyridine rings is 1. The summed E-state index contributed by atoms with van der Waals surface area (Å²) in [5, 5.41) is 9.93. The lowest BCUT2D eigenvalue weighted by molar-refractivity contribution is -0.282. The maximum absolute atomic E-state index is 13.2. The highest BCUT2D eigenvalue weighted by Crippen LogP contribution is 2.36. The predicted octanol–water partition coefficient (Wildman–Crippen LogP) is 2.28. The lowest BCUT2D eigenvalue weighted by Gasteiger charge is -2.26. The Morgan fingerprint density at radius 2 is 1.74 bits per heavy atom. The van der Waals surface area contributed by atoms with E-state index in [1.54, 1.807) is 0 Å². The number of carbonyl (C=O) groups is 1. The van der Waals surface area contributed by atoms with Crippen LogP contribution in [-0.4, -0.2) is 34.2 Å². The Labute approximate surface area is 123 Å². The van der Waals surface area contributed by atoms with E-state index in [2.05, 4.69) is 4.98 Å². The van der Waals surface area contributed by atoms with E-state index in [9.17, 15) is 39.9 Å². The molecule has 2 N–H and O–H groups in total. The van der Waals surface area contributed by atoms with Crippen LogP contribution >= 0.6 is 0 Å². The topological polar surface area (TPSA) is 62.2 Å². The number of aliphatic hydroxyl groups is 1. The zero-order valence-electron chi connectivity index (χ0n) is 10.8. The van der Waals surface area contributed by atoms with Crippen molar-refractivity contribution in [2.24, 2.45) is 0 Å². The van der Waals surface area contributed by atoms with Gasteiger partial charge in [0.25, 0.3) is 5.91 Å². The Bertz CT molecular complexity index is 573. The minimum atomic E-state index is -5.71. The molecule has 0 aliphatic heterocycles. The zero-order valence-corrected chi connectivity index (χ0v) is 10.8. The first kappa shape index (κ1) is 19.1. The highest BCUT2D eigenvalue weighted by molar-refractivity contribution is 5.84. The van der Waals surface area contributed by atoms with Crippen LogP contribution in [0.25, 0.3) is 0 Å². The normalized spacial score (nSPS) is 15.4. The Kier molecular flexibility index (Phi) is 5.19. The maximum Gasteiger partial charge on any atom is 0.417 e. The first-order chi connectivity index (χ1) is 10.3. The number of nitrogens with zero attached hydrogens (tertiary/aromatic N) is 1. The number of hydrogen-bond acceptors (Lipinski definition) is 3. The van der Waals surface area contributed by atoms with Gasteiger partial charge in [0.15, 0.2) is 0 Å². The fraction of sp³-hybridized carbons (Fsp3) is 0.455. The Balaban J connectivity index is 2.85. The molecule has 12 heteroatoms. The first-order valence-corrected chi connectivity index (χ1v) is 5.66. The van der Waals surface area contributed by atoms with Gasteiger partial charge in [-0.2, -0.15) is 26.3 Å². The Morgan fingerprint density at radius 1 is 1.17 bits per heavy atom. The molecule has 130 valence electrons. The van der Waals surface area contributed by atoms with Gasteiger partial charge in [-0.15, -0.1) is 0 Å². The molecule has 1 unspecified atom stereocenters. The zero-order chi connectivity index (χ0) is 18.1. The lowest BCUT2D eigenvalue weighted by Crippen LogP contribution is -2.58. The van der Waals surface area contributed by atoms with Crippen LogP contribution in [0.5, 0.6) is 0 Å². The molecule has 0 radical (unpaired) electrons. The molecule has 1 aromatic heterocycles. The summed E-state index contributed by atoms with van der Waals surface area (Å²) in [5.41, 5.74) is -1.62. The van der Waals surface area contributed by atoms with Gasteiger partial charge in [0.2, 0.25) is 0 Å². The first-order valence-electron chi connectivity index (χ1n) is 5.66. The summed E-state index contributed by atoms with van der Waals surface area (Å²) in [6.07, 6.45) is -8.24. The molecule has 0 saturated heterocycles. The summed E-state index contributed by atoms with van der Waals surface area (Å²) in [6.45, 7) is -0.957. The molecule has 0 bridgehead atoms. The maximum atomic E-state index is 13.2. The van der Waals surface area contributed by atoms with Crippen molar-refractivity contribution in [3.63, 3.8) is 0 Å². The van der Waals surface area contributed by atoms with Crippen molar-refractivity contribution in [3.05, 3.63) is 29.6 Å². The minimum Gasteiger partial charge on any atom is -0.350 e. The van der Waals surface area contributed by atoms with E-state index in [4.69, 9.17) is 5.11 Å². The van der Waals surface area contributed by atoms with Crippen LogP contribution in [0.15, 0.2) is 18.5 Å². The number of hydrogen-bond donors (Lipinski definition) is 2. The highest BCUT2D eigenvalue weighted by atomic mass is 19.4. The number of rotatable bonds is 5. The SMILES string of the molecule is O=C(NCc1cncc(C(F)(F)F)c1)C(O)(F)C(F)(F)C(F)F. The van der Waals surface area contributed by atoms with E-state index in [-0.39, 0.29) is 5.56 Å². The third-order valence-corrected chi connectivity index (χ3v) is 2.59. The van der Waals surface area contributed by atoms with E-state index in [0.717, 1.165) is 6.20 Å². The van der Waals surface area contributed by atoms with Crippen LogP contribution in [0, 0.1) is 0 Å². The molecule has 0 aliphatic carbocycles. The average Bonchev–Trinajstić information content (AvgIpc) is 2.43. The number of carbonyl (C=O) groups excluding carboxylic acids is 1. The van der Waals surface area contributed by atoms with Crippen molar-refractivity contribution in [2.75, 3.05) is 0 Å². The van der Waals surface area contributed by atoms with Crippen LogP contribution in [0.4, 0.5) is 35.1 Å². The van der Waals surface area contributed by atoms with Crippen LogP contribution in [-0.2, 0) is 17.5 Å². The van der Waals surface area contributed by atoms with Crippen molar-refractivity contribution in [1.82, 2.24) is 10.3 Å². The second-order valence-electron chi connectivity index (χ2n) is 4.31. The van der Waals surface area contributed by atoms with Crippen molar-refractivity contribution in [1.29, 1.82) is 0 Å². The van der Waals surface area contributed by atoms with Gasteiger partial charge in [0, 0.05) is 18.9 Å². The smallest absolute Gasteiger partial charge is 0.350 e. The molecule has 1 rings (SSSR count). The predicted molar refractivity (Wildman–Crippen MR) is 58.1 cm³/mol. The molecule has 1 atom stereocenters. The number of aromatic nitrogens is 1. The number of nitrogens with one attached hydrogen (secondary N) is 1. The monoisotopic (exact) mass is 352 g/mol.